The van der Waals surface area contributed by atoms with E-state index in [1.807, 2.05) is 6.92 Å². The second kappa shape index (κ2) is 6.35. The highest BCUT2D eigenvalue weighted by Crippen LogP contribution is 1.90. The summed E-state index contributed by atoms with van der Waals surface area (Å²) in [7, 11) is 0. The van der Waals surface area contributed by atoms with Crippen molar-refractivity contribution in [3.05, 3.63) is 0 Å². The SMILES string of the molecule is CCCCOC(=O)OCO. The number of hydrogen-bond donors (Lipinski definition) is 1. The average Bonchev–Trinajstić information content (AvgIpc) is 1.89. The quantitative estimate of drug-likeness (QED) is 0.365. The summed E-state index contributed by atoms with van der Waals surface area (Å²) >= 11 is 0. The van der Waals surface area contributed by atoms with Gasteiger partial charge in [0.1, 0.15) is 0 Å². The topological polar surface area (TPSA) is 55.8 Å². The van der Waals surface area contributed by atoms with Crippen LogP contribution in [0, 0.1) is 0 Å². The maximum atomic E-state index is 10.3. The van der Waals surface area contributed by atoms with E-state index in [4.69, 9.17) is 5.11 Å². The Labute approximate surface area is 59.7 Å². The first-order valence-electron chi connectivity index (χ1n) is 3.21. The molecule has 0 bridgehead atoms. The highest BCUT2D eigenvalue weighted by Gasteiger charge is 1.99. The van der Waals surface area contributed by atoms with Gasteiger partial charge in [-0.25, -0.2) is 4.79 Å². The lowest BCUT2D eigenvalue weighted by Gasteiger charge is -2.01. The Morgan fingerprint density at radius 1 is 1.50 bits per heavy atom. The van der Waals surface area contributed by atoms with E-state index in [2.05, 4.69) is 9.47 Å². The minimum absolute atomic E-state index is 0.356. The molecule has 0 aliphatic rings. The van der Waals surface area contributed by atoms with Crippen LogP contribution in [0.3, 0.4) is 0 Å². The summed E-state index contributed by atoms with van der Waals surface area (Å²) in [5.74, 6) is 0. The van der Waals surface area contributed by atoms with Crippen LogP contribution < -0.4 is 0 Å². The van der Waals surface area contributed by atoms with Crippen molar-refractivity contribution in [2.75, 3.05) is 13.4 Å². The van der Waals surface area contributed by atoms with Crippen LogP contribution in [0.25, 0.3) is 0 Å². The zero-order chi connectivity index (χ0) is 7.82. The molecule has 0 rings (SSSR count). The molecule has 0 saturated carbocycles. The summed E-state index contributed by atoms with van der Waals surface area (Å²) in [5, 5.41) is 8.07. The third kappa shape index (κ3) is 5.37. The molecule has 0 unspecified atom stereocenters. The van der Waals surface area contributed by atoms with Gasteiger partial charge < -0.3 is 14.6 Å². The molecule has 60 valence electrons. The van der Waals surface area contributed by atoms with E-state index in [-0.39, 0.29) is 0 Å². The molecule has 0 aromatic carbocycles. The summed E-state index contributed by atoms with van der Waals surface area (Å²) < 4.78 is 8.58. The number of rotatable bonds is 4. The molecule has 0 saturated heterocycles. The molecule has 1 N–H and O–H groups in total. The fourth-order valence-corrected chi connectivity index (χ4v) is 0.394. The van der Waals surface area contributed by atoms with Gasteiger partial charge in [-0.1, -0.05) is 13.3 Å². The monoisotopic (exact) mass is 148 g/mol. The van der Waals surface area contributed by atoms with Gasteiger partial charge in [0, 0.05) is 0 Å². The molecule has 0 atom stereocenters. The van der Waals surface area contributed by atoms with Crippen molar-refractivity contribution in [2.24, 2.45) is 0 Å². The molecule has 0 aliphatic heterocycles. The normalized spacial score (nSPS) is 9.00. The molecule has 0 heterocycles. The van der Waals surface area contributed by atoms with E-state index in [0.717, 1.165) is 12.8 Å². The fourth-order valence-electron chi connectivity index (χ4n) is 0.394. The van der Waals surface area contributed by atoms with E-state index >= 15 is 0 Å². The second-order valence-corrected chi connectivity index (χ2v) is 1.73. The number of hydrogen-bond acceptors (Lipinski definition) is 4. The minimum atomic E-state index is -0.809. The summed E-state index contributed by atoms with van der Waals surface area (Å²) in [6.45, 7) is 1.72. The predicted molar refractivity (Wildman–Crippen MR) is 34.4 cm³/mol. The number of carbonyl (C=O) groups is 1. The van der Waals surface area contributed by atoms with Crippen molar-refractivity contribution in [3.63, 3.8) is 0 Å². The van der Waals surface area contributed by atoms with Gasteiger partial charge in [0.15, 0.2) is 6.79 Å². The zero-order valence-electron chi connectivity index (χ0n) is 6.00. The van der Waals surface area contributed by atoms with Gasteiger partial charge in [0.2, 0.25) is 0 Å². The first-order valence-corrected chi connectivity index (χ1v) is 3.21. The lowest BCUT2D eigenvalue weighted by Crippen LogP contribution is -2.08. The molecule has 0 aromatic heterocycles. The number of aliphatic hydroxyl groups excluding tert-OH is 1. The minimum Gasteiger partial charge on any atom is -0.434 e. The van der Waals surface area contributed by atoms with Crippen molar-refractivity contribution in [2.45, 2.75) is 19.8 Å². The highest BCUT2D eigenvalue weighted by molar-refractivity contribution is 5.59. The van der Waals surface area contributed by atoms with Crippen molar-refractivity contribution in [3.8, 4) is 0 Å². The number of aliphatic hydroxyl groups is 1. The molecule has 10 heavy (non-hydrogen) atoms. The van der Waals surface area contributed by atoms with Crippen molar-refractivity contribution in [1.29, 1.82) is 0 Å². The van der Waals surface area contributed by atoms with Gasteiger partial charge in [0.05, 0.1) is 6.61 Å². The Morgan fingerprint density at radius 3 is 2.70 bits per heavy atom. The maximum absolute atomic E-state index is 10.3. The molecule has 0 aliphatic carbocycles. The van der Waals surface area contributed by atoms with Gasteiger partial charge in [0.25, 0.3) is 0 Å². The van der Waals surface area contributed by atoms with Crippen molar-refractivity contribution < 1.29 is 19.4 Å². The van der Waals surface area contributed by atoms with Crippen LogP contribution in [-0.4, -0.2) is 24.7 Å². The predicted octanol–water partition coefficient (Wildman–Crippen LogP) is 0.889. The number of ether oxygens (including phenoxy) is 2. The molecule has 4 heteroatoms. The number of carbonyl (C=O) groups excluding carboxylic acids is 1. The molecular weight excluding hydrogens is 136 g/mol. The van der Waals surface area contributed by atoms with Crippen LogP contribution in [-0.2, 0) is 9.47 Å². The molecule has 0 radical (unpaired) electrons. The largest absolute Gasteiger partial charge is 0.510 e. The number of unbranched alkanes of at least 4 members (excludes halogenated alkanes) is 1. The van der Waals surface area contributed by atoms with E-state index in [1.54, 1.807) is 0 Å². The smallest absolute Gasteiger partial charge is 0.434 e. The Balaban J connectivity index is 3.05. The van der Waals surface area contributed by atoms with Gasteiger partial charge >= 0.3 is 6.16 Å². The fraction of sp³-hybridized carbons (Fsp3) is 0.833. The van der Waals surface area contributed by atoms with E-state index in [0.29, 0.717) is 6.61 Å². The van der Waals surface area contributed by atoms with Crippen molar-refractivity contribution in [1.82, 2.24) is 0 Å². The molecule has 4 nitrogen and oxygen atoms in total. The third-order valence-corrected chi connectivity index (χ3v) is 0.900. The molecular formula is C6H12O4. The van der Waals surface area contributed by atoms with E-state index in [1.165, 1.54) is 0 Å². The first-order chi connectivity index (χ1) is 4.81. The Bertz CT molecular complexity index is 91.7. The van der Waals surface area contributed by atoms with Crippen LogP contribution in [0.4, 0.5) is 4.79 Å². The summed E-state index contributed by atoms with van der Waals surface area (Å²) in [4.78, 5) is 10.3. The van der Waals surface area contributed by atoms with Crippen LogP contribution in [0.5, 0.6) is 0 Å². The van der Waals surface area contributed by atoms with Crippen LogP contribution in [0.15, 0.2) is 0 Å². The summed E-state index contributed by atoms with van der Waals surface area (Å²) in [5.41, 5.74) is 0. The van der Waals surface area contributed by atoms with Crippen LogP contribution >= 0.6 is 0 Å². The summed E-state index contributed by atoms with van der Waals surface area (Å²) in [6, 6.07) is 0. The van der Waals surface area contributed by atoms with E-state index < -0.39 is 12.9 Å². The maximum Gasteiger partial charge on any atom is 0.510 e. The lowest BCUT2D eigenvalue weighted by molar-refractivity contribution is -0.00593. The molecule has 0 aromatic rings. The van der Waals surface area contributed by atoms with Crippen molar-refractivity contribution >= 4 is 6.16 Å². The van der Waals surface area contributed by atoms with Gasteiger partial charge in [-0.05, 0) is 6.42 Å². The van der Waals surface area contributed by atoms with Gasteiger partial charge in [-0.3, -0.25) is 0 Å². The summed E-state index contributed by atoms with van der Waals surface area (Å²) in [6.07, 6.45) is 0.975. The van der Waals surface area contributed by atoms with E-state index in [9.17, 15) is 4.79 Å². The standard InChI is InChI=1S/C6H12O4/c1-2-3-4-9-6(8)10-5-7/h7H,2-5H2,1H3. The molecule has 0 amide bonds. The molecule has 0 fully saturated rings. The average molecular weight is 148 g/mol. The zero-order valence-corrected chi connectivity index (χ0v) is 6.00. The third-order valence-electron chi connectivity index (χ3n) is 0.900. The Morgan fingerprint density at radius 2 is 2.20 bits per heavy atom. The van der Waals surface area contributed by atoms with Gasteiger partial charge in [-0.15, -0.1) is 0 Å². The first kappa shape index (κ1) is 9.23. The molecule has 0 spiro atoms. The van der Waals surface area contributed by atoms with Gasteiger partial charge in [-0.2, -0.15) is 0 Å². The Hall–Kier alpha value is -0.770. The van der Waals surface area contributed by atoms with Crippen LogP contribution in [0.1, 0.15) is 19.8 Å². The lowest BCUT2D eigenvalue weighted by atomic mass is 10.4. The second-order valence-electron chi connectivity index (χ2n) is 1.73. The highest BCUT2D eigenvalue weighted by atomic mass is 16.8. The van der Waals surface area contributed by atoms with Crippen LogP contribution in [0.2, 0.25) is 0 Å². The Kier molecular flexibility index (Phi) is 5.86.